The number of halogens is 6. The Labute approximate surface area is 174 Å². The third-order valence-corrected chi connectivity index (χ3v) is 6.26. The minimum Gasteiger partial charge on any atom is -0.322 e. The zero-order valence-corrected chi connectivity index (χ0v) is 17.1. The van der Waals surface area contributed by atoms with Gasteiger partial charge in [-0.15, -0.1) is 0 Å². The van der Waals surface area contributed by atoms with Crippen molar-refractivity contribution in [2.24, 2.45) is 0 Å². The average molecular weight is 476 g/mol. The van der Waals surface area contributed by atoms with Crippen LogP contribution in [0.25, 0.3) is 0 Å². The molecule has 1 N–H and O–H groups in total. The second-order valence-electron chi connectivity index (χ2n) is 5.54. The Kier molecular flexibility index (Phi) is 6.88. The van der Waals surface area contributed by atoms with Crippen LogP contribution in [-0.4, -0.2) is 32.2 Å². The number of anilines is 1. The Morgan fingerprint density at radius 3 is 2.21 bits per heavy atom. The highest BCUT2D eigenvalue weighted by Gasteiger charge is 2.39. The van der Waals surface area contributed by atoms with Gasteiger partial charge in [-0.3, -0.25) is 4.79 Å². The van der Waals surface area contributed by atoms with E-state index in [9.17, 15) is 26.4 Å². The molecule has 0 atom stereocenters. The van der Waals surface area contributed by atoms with E-state index in [2.05, 4.69) is 5.32 Å². The van der Waals surface area contributed by atoms with Crippen LogP contribution in [0.4, 0.5) is 18.9 Å². The number of hydrogen-bond acceptors (Lipinski definition) is 3. The molecule has 2 aromatic carbocycles. The van der Waals surface area contributed by atoms with Crippen molar-refractivity contribution in [1.29, 1.82) is 0 Å². The van der Waals surface area contributed by atoms with Crippen LogP contribution in [0.5, 0.6) is 0 Å². The largest absolute Gasteiger partial charge is 0.417 e. The first-order valence-electron chi connectivity index (χ1n) is 7.41. The second-order valence-corrected chi connectivity index (χ2v) is 8.81. The number of nitrogens with zero attached hydrogens (tertiary/aromatic N) is 1. The molecule has 12 heteroatoms. The van der Waals surface area contributed by atoms with Crippen molar-refractivity contribution in [3.05, 3.63) is 57.0 Å². The van der Waals surface area contributed by atoms with Gasteiger partial charge in [-0.1, -0.05) is 40.9 Å². The maximum atomic E-state index is 13.2. The third kappa shape index (κ3) is 5.09. The van der Waals surface area contributed by atoms with Gasteiger partial charge in [-0.25, -0.2) is 8.42 Å². The van der Waals surface area contributed by atoms with Gasteiger partial charge in [0.25, 0.3) is 0 Å². The molecule has 0 saturated heterocycles. The van der Waals surface area contributed by atoms with E-state index in [0.29, 0.717) is 10.4 Å². The molecule has 0 aromatic heterocycles. The van der Waals surface area contributed by atoms with Crippen molar-refractivity contribution in [2.75, 3.05) is 18.9 Å². The van der Waals surface area contributed by atoms with Crippen LogP contribution in [0.1, 0.15) is 5.56 Å². The number of sulfonamides is 1. The zero-order chi connectivity index (χ0) is 21.3. The molecule has 0 unspecified atom stereocenters. The van der Waals surface area contributed by atoms with Gasteiger partial charge in [0.05, 0.1) is 32.7 Å². The molecule has 0 spiro atoms. The summed E-state index contributed by atoms with van der Waals surface area (Å²) in [6.07, 6.45) is -4.96. The van der Waals surface area contributed by atoms with Crippen LogP contribution in [0.3, 0.4) is 0 Å². The highest BCUT2D eigenvalue weighted by molar-refractivity contribution is 7.89. The molecule has 2 aromatic rings. The van der Waals surface area contributed by atoms with Crippen LogP contribution < -0.4 is 5.32 Å². The first-order chi connectivity index (χ1) is 12.8. The minimum atomic E-state index is -4.96. The number of carbonyl (C=O) groups is 1. The van der Waals surface area contributed by atoms with Crippen molar-refractivity contribution < 1.29 is 26.4 Å². The first-order valence-corrected chi connectivity index (χ1v) is 9.98. The van der Waals surface area contributed by atoms with Gasteiger partial charge >= 0.3 is 6.18 Å². The summed E-state index contributed by atoms with van der Waals surface area (Å²) in [6.45, 7) is -0.774. The summed E-state index contributed by atoms with van der Waals surface area (Å²) in [5.41, 5.74) is -1.37. The summed E-state index contributed by atoms with van der Waals surface area (Å²) < 4.78 is 65.3. The van der Waals surface area contributed by atoms with E-state index >= 15 is 0 Å². The Balaban J connectivity index is 2.29. The molecule has 0 saturated carbocycles. The fourth-order valence-electron chi connectivity index (χ4n) is 2.20. The summed E-state index contributed by atoms with van der Waals surface area (Å²) in [6, 6.07) is 6.70. The van der Waals surface area contributed by atoms with Crippen molar-refractivity contribution in [3.63, 3.8) is 0 Å². The molecule has 0 aliphatic carbocycles. The standard InChI is InChI=1S/C16H12Cl3F3N2O3S/c1-24(8-14(25)23-15-11(18)3-2-4-12(15)19)28(26,27)13-6-5-9(17)7-10(13)16(20,21)22/h2-7H,8H2,1H3,(H,23,25). The van der Waals surface area contributed by atoms with Crippen LogP contribution in [0.15, 0.2) is 41.3 Å². The first kappa shape index (κ1) is 22.8. The quantitative estimate of drug-likeness (QED) is 0.667. The number of rotatable bonds is 5. The highest BCUT2D eigenvalue weighted by atomic mass is 35.5. The SMILES string of the molecule is CN(CC(=O)Nc1c(Cl)cccc1Cl)S(=O)(=O)c1ccc(Cl)cc1C(F)(F)F. The van der Waals surface area contributed by atoms with E-state index in [1.807, 2.05) is 0 Å². The summed E-state index contributed by atoms with van der Waals surface area (Å²) in [5.74, 6) is -0.844. The number of nitrogens with one attached hydrogen (secondary N) is 1. The Morgan fingerprint density at radius 1 is 1.11 bits per heavy atom. The van der Waals surface area contributed by atoms with E-state index in [4.69, 9.17) is 34.8 Å². The Hall–Kier alpha value is -1.52. The molecule has 0 heterocycles. The molecule has 28 heavy (non-hydrogen) atoms. The van der Waals surface area contributed by atoms with Gasteiger partial charge in [0.1, 0.15) is 0 Å². The Bertz CT molecular complexity index is 994. The lowest BCUT2D eigenvalue weighted by Gasteiger charge is -2.20. The molecule has 0 aliphatic rings. The predicted molar refractivity (Wildman–Crippen MR) is 101 cm³/mol. The number of likely N-dealkylation sites (N-methyl/N-ethyl adjacent to an activating group) is 1. The molecule has 0 radical (unpaired) electrons. The molecule has 5 nitrogen and oxygen atoms in total. The monoisotopic (exact) mass is 474 g/mol. The molecule has 152 valence electrons. The topological polar surface area (TPSA) is 66.5 Å². The van der Waals surface area contributed by atoms with Crippen molar-refractivity contribution in [1.82, 2.24) is 4.31 Å². The highest BCUT2D eigenvalue weighted by Crippen LogP contribution is 2.36. The van der Waals surface area contributed by atoms with E-state index in [-0.39, 0.29) is 20.8 Å². The summed E-state index contributed by atoms with van der Waals surface area (Å²) in [7, 11) is -3.68. The van der Waals surface area contributed by atoms with Gasteiger partial charge in [0.2, 0.25) is 15.9 Å². The molecule has 0 fully saturated rings. The van der Waals surface area contributed by atoms with Crippen molar-refractivity contribution >= 4 is 56.4 Å². The predicted octanol–water partition coefficient (Wildman–Crippen LogP) is 4.92. The van der Waals surface area contributed by atoms with E-state index in [0.717, 1.165) is 19.2 Å². The zero-order valence-electron chi connectivity index (χ0n) is 14.0. The maximum absolute atomic E-state index is 13.2. The summed E-state index contributed by atoms with van der Waals surface area (Å²) in [4.78, 5) is 11.1. The molecule has 0 bridgehead atoms. The van der Waals surface area contributed by atoms with Gasteiger partial charge in [-0.05, 0) is 30.3 Å². The lowest BCUT2D eigenvalue weighted by Crippen LogP contribution is -2.36. The lowest BCUT2D eigenvalue weighted by molar-refractivity contribution is -0.139. The molecular weight excluding hydrogens is 464 g/mol. The van der Waals surface area contributed by atoms with Crippen LogP contribution in [0.2, 0.25) is 15.1 Å². The number of benzene rings is 2. The number of amides is 1. The smallest absolute Gasteiger partial charge is 0.322 e. The van der Waals surface area contributed by atoms with Gasteiger partial charge in [0, 0.05) is 12.1 Å². The van der Waals surface area contributed by atoms with Crippen molar-refractivity contribution in [2.45, 2.75) is 11.1 Å². The molecule has 0 aliphatic heterocycles. The normalized spacial score (nSPS) is 12.3. The maximum Gasteiger partial charge on any atom is 0.417 e. The molecular formula is C16H12Cl3F3N2O3S. The summed E-state index contributed by atoms with van der Waals surface area (Å²) in [5, 5.41) is 2.29. The number of para-hydroxylation sites is 1. The van der Waals surface area contributed by atoms with Crippen LogP contribution in [0, 0.1) is 0 Å². The van der Waals surface area contributed by atoms with E-state index in [1.54, 1.807) is 0 Å². The minimum absolute atomic E-state index is 0.0594. The van der Waals surface area contributed by atoms with E-state index < -0.39 is 39.1 Å². The fraction of sp³-hybridized carbons (Fsp3) is 0.188. The summed E-state index contributed by atoms with van der Waals surface area (Å²) >= 11 is 17.4. The lowest BCUT2D eigenvalue weighted by atomic mass is 10.2. The number of alkyl halides is 3. The average Bonchev–Trinajstić information content (AvgIpc) is 2.57. The van der Waals surface area contributed by atoms with Gasteiger partial charge in [-0.2, -0.15) is 17.5 Å². The number of hydrogen-bond donors (Lipinski definition) is 1. The van der Waals surface area contributed by atoms with Gasteiger partial charge < -0.3 is 5.32 Å². The fourth-order valence-corrected chi connectivity index (χ4v) is 4.18. The van der Waals surface area contributed by atoms with E-state index in [1.165, 1.54) is 18.2 Å². The van der Waals surface area contributed by atoms with Crippen LogP contribution >= 0.6 is 34.8 Å². The van der Waals surface area contributed by atoms with Gasteiger partial charge in [0.15, 0.2) is 0 Å². The number of carbonyl (C=O) groups excluding carboxylic acids is 1. The third-order valence-electron chi connectivity index (χ3n) is 3.53. The van der Waals surface area contributed by atoms with Crippen molar-refractivity contribution in [3.8, 4) is 0 Å². The van der Waals surface area contributed by atoms with Crippen LogP contribution in [-0.2, 0) is 21.0 Å². The molecule has 2 rings (SSSR count). The second kappa shape index (κ2) is 8.46. The molecule has 1 amide bonds. The Morgan fingerprint density at radius 2 is 1.68 bits per heavy atom.